The van der Waals surface area contributed by atoms with E-state index in [0.29, 0.717) is 18.4 Å². The zero-order valence-corrected chi connectivity index (χ0v) is 13.6. The van der Waals surface area contributed by atoms with Crippen LogP contribution >= 0.6 is 0 Å². The molecular weight excluding hydrogens is 292 g/mol. The highest BCUT2D eigenvalue weighted by Gasteiger charge is 2.22. The number of piperidine rings is 1. The maximum atomic E-state index is 12.4. The second-order valence-electron chi connectivity index (χ2n) is 5.99. The number of hydrogen-bond donors (Lipinski definition) is 1. The van der Waals surface area contributed by atoms with Crippen molar-refractivity contribution in [2.24, 2.45) is 7.05 Å². The second-order valence-corrected chi connectivity index (χ2v) is 5.99. The number of rotatable bonds is 4. The van der Waals surface area contributed by atoms with Gasteiger partial charge in [-0.05, 0) is 48.7 Å². The lowest BCUT2D eigenvalue weighted by Gasteiger charge is -2.33. The largest absolute Gasteiger partial charge is 0.376 e. The fourth-order valence-electron chi connectivity index (χ4n) is 2.99. The fraction of sp³-hybridized carbons (Fsp3) is 0.500. The van der Waals surface area contributed by atoms with Crippen LogP contribution in [0.25, 0.3) is 11.4 Å². The summed E-state index contributed by atoms with van der Waals surface area (Å²) < 4.78 is 1.62. The first-order valence-electron chi connectivity index (χ1n) is 8.01. The molecule has 1 aromatic heterocycles. The van der Waals surface area contributed by atoms with Gasteiger partial charge in [0.25, 0.3) is 0 Å². The van der Waals surface area contributed by atoms with Crippen LogP contribution in [0.2, 0.25) is 0 Å². The zero-order valence-electron chi connectivity index (χ0n) is 13.6. The van der Waals surface area contributed by atoms with Crippen LogP contribution in [0.4, 0.5) is 5.69 Å². The lowest BCUT2D eigenvalue weighted by Crippen LogP contribution is -2.44. The first kappa shape index (κ1) is 15.5. The third-order valence-electron chi connectivity index (χ3n) is 4.31. The zero-order chi connectivity index (χ0) is 16.2. The Kier molecular flexibility index (Phi) is 4.55. The minimum absolute atomic E-state index is 0.155. The second kappa shape index (κ2) is 6.76. The number of nitrogens with zero attached hydrogens (tertiary/aromatic N) is 5. The van der Waals surface area contributed by atoms with Crippen LogP contribution in [0.3, 0.4) is 0 Å². The third kappa shape index (κ3) is 3.49. The van der Waals surface area contributed by atoms with Gasteiger partial charge in [-0.15, -0.1) is 5.10 Å². The number of carbonyl (C=O) groups is 1. The highest BCUT2D eigenvalue weighted by molar-refractivity contribution is 5.81. The van der Waals surface area contributed by atoms with Gasteiger partial charge in [-0.25, -0.2) is 4.68 Å². The van der Waals surface area contributed by atoms with E-state index in [9.17, 15) is 4.79 Å². The summed E-state index contributed by atoms with van der Waals surface area (Å²) in [4.78, 5) is 14.4. The number of tetrazole rings is 1. The van der Waals surface area contributed by atoms with Gasteiger partial charge in [-0.2, -0.15) is 0 Å². The van der Waals surface area contributed by atoms with Crippen LogP contribution in [0.5, 0.6) is 0 Å². The van der Waals surface area contributed by atoms with E-state index in [2.05, 4.69) is 27.8 Å². The van der Waals surface area contributed by atoms with Crippen LogP contribution in [0.15, 0.2) is 24.3 Å². The molecule has 1 saturated heterocycles. The SMILES string of the molecule is C[C@H]1CCCCN1C(=O)CNc1cccc(-c2nnnn2C)c1. The number of amides is 1. The molecule has 23 heavy (non-hydrogen) atoms. The average Bonchev–Trinajstić information content (AvgIpc) is 2.99. The summed E-state index contributed by atoms with van der Waals surface area (Å²) in [6.45, 7) is 3.30. The van der Waals surface area contributed by atoms with Gasteiger partial charge < -0.3 is 10.2 Å². The Morgan fingerprint density at radius 2 is 2.26 bits per heavy atom. The highest BCUT2D eigenvalue weighted by Crippen LogP contribution is 2.20. The number of anilines is 1. The smallest absolute Gasteiger partial charge is 0.242 e. The fourth-order valence-corrected chi connectivity index (χ4v) is 2.99. The Hall–Kier alpha value is -2.44. The van der Waals surface area contributed by atoms with Gasteiger partial charge in [0.1, 0.15) is 0 Å². The number of hydrogen-bond acceptors (Lipinski definition) is 5. The molecule has 1 fully saturated rings. The maximum absolute atomic E-state index is 12.4. The van der Waals surface area contributed by atoms with Crippen LogP contribution in [0, 0.1) is 0 Å². The van der Waals surface area contributed by atoms with Crippen molar-refractivity contribution in [1.29, 1.82) is 0 Å². The van der Waals surface area contributed by atoms with Gasteiger partial charge >= 0.3 is 0 Å². The minimum Gasteiger partial charge on any atom is -0.376 e. The molecule has 1 amide bonds. The van der Waals surface area contributed by atoms with Crippen molar-refractivity contribution < 1.29 is 4.79 Å². The van der Waals surface area contributed by atoms with E-state index in [-0.39, 0.29) is 5.91 Å². The molecule has 1 N–H and O–H groups in total. The molecule has 0 saturated carbocycles. The Labute approximate surface area is 135 Å². The molecule has 0 radical (unpaired) electrons. The van der Waals surface area contributed by atoms with E-state index in [1.807, 2.05) is 29.2 Å². The average molecular weight is 314 g/mol. The van der Waals surface area contributed by atoms with E-state index >= 15 is 0 Å². The van der Waals surface area contributed by atoms with Gasteiger partial charge in [0, 0.05) is 30.9 Å². The predicted octanol–water partition coefficient (Wildman–Crippen LogP) is 1.69. The summed E-state index contributed by atoms with van der Waals surface area (Å²) in [5, 5.41) is 14.7. The number of carbonyl (C=O) groups excluding carboxylic acids is 1. The Morgan fingerprint density at radius 1 is 1.39 bits per heavy atom. The molecular formula is C16H22N6O. The molecule has 3 rings (SSSR count). The number of aromatic nitrogens is 4. The summed E-state index contributed by atoms with van der Waals surface area (Å²) in [7, 11) is 1.80. The maximum Gasteiger partial charge on any atom is 0.242 e. The number of likely N-dealkylation sites (tertiary alicyclic amines) is 1. The van der Waals surface area contributed by atoms with Crippen LogP contribution in [0.1, 0.15) is 26.2 Å². The van der Waals surface area contributed by atoms with Gasteiger partial charge in [0.2, 0.25) is 5.91 Å². The molecule has 2 heterocycles. The number of nitrogens with one attached hydrogen (secondary N) is 1. The number of benzene rings is 1. The van der Waals surface area contributed by atoms with E-state index < -0.39 is 0 Å². The molecule has 0 bridgehead atoms. The van der Waals surface area contributed by atoms with Gasteiger partial charge in [0.15, 0.2) is 5.82 Å². The highest BCUT2D eigenvalue weighted by atomic mass is 16.2. The summed E-state index contributed by atoms with van der Waals surface area (Å²) in [5.41, 5.74) is 1.81. The quantitative estimate of drug-likeness (QED) is 0.929. The van der Waals surface area contributed by atoms with E-state index in [4.69, 9.17) is 0 Å². The Morgan fingerprint density at radius 3 is 3.00 bits per heavy atom. The van der Waals surface area contributed by atoms with Gasteiger partial charge in [-0.3, -0.25) is 4.79 Å². The molecule has 0 spiro atoms. The van der Waals surface area contributed by atoms with Crippen LogP contribution in [-0.4, -0.2) is 50.1 Å². The molecule has 1 aliphatic rings. The van der Waals surface area contributed by atoms with Crippen molar-refractivity contribution in [3.63, 3.8) is 0 Å². The molecule has 1 aliphatic heterocycles. The monoisotopic (exact) mass is 314 g/mol. The molecule has 1 atom stereocenters. The molecule has 7 nitrogen and oxygen atoms in total. The first-order valence-corrected chi connectivity index (χ1v) is 8.01. The molecule has 2 aromatic rings. The Balaban J connectivity index is 1.64. The lowest BCUT2D eigenvalue weighted by molar-refractivity contribution is -0.132. The molecule has 0 unspecified atom stereocenters. The third-order valence-corrected chi connectivity index (χ3v) is 4.31. The van der Waals surface area contributed by atoms with E-state index in [1.165, 1.54) is 6.42 Å². The first-order chi connectivity index (χ1) is 11.1. The number of aryl methyl sites for hydroxylation is 1. The lowest BCUT2D eigenvalue weighted by atomic mass is 10.0. The van der Waals surface area contributed by atoms with Crippen molar-refractivity contribution in [3.8, 4) is 11.4 Å². The van der Waals surface area contributed by atoms with Crippen molar-refractivity contribution in [2.75, 3.05) is 18.4 Å². The molecule has 122 valence electrons. The van der Waals surface area contributed by atoms with Crippen LogP contribution < -0.4 is 5.32 Å². The normalized spacial score (nSPS) is 18.0. The minimum atomic E-state index is 0.155. The van der Waals surface area contributed by atoms with E-state index in [0.717, 1.165) is 30.6 Å². The van der Waals surface area contributed by atoms with Gasteiger partial charge in [0.05, 0.1) is 6.54 Å². The standard InChI is InChI=1S/C16H22N6O/c1-12-6-3-4-9-22(12)15(23)11-17-14-8-5-7-13(10-14)16-18-19-20-21(16)2/h5,7-8,10,12,17H,3-4,6,9,11H2,1-2H3/t12-/m0/s1. The summed E-state index contributed by atoms with van der Waals surface area (Å²) in [6, 6.07) is 8.12. The van der Waals surface area contributed by atoms with Crippen LogP contribution in [-0.2, 0) is 11.8 Å². The van der Waals surface area contributed by atoms with Gasteiger partial charge in [-0.1, -0.05) is 12.1 Å². The Bertz CT molecular complexity index is 683. The van der Waals surface area contributed by atoms with E-state index in [1.54, 1.807) is 11.7 Å². The summed E-state index contributed by atoms with van der Waals surface area (Å²) in [6.07, 6.45) is 3.41. The van der Waals surface area contributed by atoms with Crippen molar-refractivity contribution in [3.05, 3.63) is 24.3 Å². The van der Waals surface area contributed by atoms with Crippen molar-refractivity contribution >= 4 is 11.6 Å². The molecule has 7 heteroatoms. The summed E-state index contributed by atoms with van der Waals surface area (Å²) >= 11 is 0. The molecule has 0 aliphatic carbocycles. The van der Waals surface area contributed by atoms with Crippen molar-refractivity contribution in [2.45, 2.75) is 32.2 Å². The van der Waals surface area contributed by atoms with Crippen molar-refractivity contribution in [1.82, 2.24) is 25.1 Å². The summed E-state index contributed by atoms with van der Waals surface area (Å²) in [5.74, 6) is 0.854. The molecule has 1 aromatic carbocycles. The topological polar surface area (TPSA) is 75.9 Å². The predicted molar refractivity (Wildman–Crippen MR) is 87.7 cm³/mol.